The summed E-state index contributed by atoms with van der Waals surface area (Å²) in [6, 6.07) is 15.8. The number of carbonyl (C=O) groups is 2. The summed E-state index contributed by atoms with van der Waals surface area (Å²) in [6.45, 7) is 3.85. The standard InChI is InChI=1S/C27H28N6O2S/c1-17-22-9-8-19(14-23(22)31(2)29-17)25-28-26(36-30-25)18-10-12-32(13-11-18)27(35)20-15-24(34)33(16-20)21-6-4-3-5-7-21/h3-9,14,18,20H,10-13,15-16H2,1-2H3. The summed E-state index contributed by atoms with van der Waals surface area (Å²) in [4.78, 5) is 34.3. The smallest absolute Gasteiger partial charge is 0.228 e. The summed E-state index contributed by atoms with van der Waals surface area (Å²) in [6.07, 6.45) is 2.01. The fraction of sp³-hybridized carbons (Fsp3) is 0.370. The van der Waals surface area contributed by atoms with E-state index in [-0.39, 0.29) is 24.2 Å². The first kappa shape index (κ1) is 22.8. The average Bonchev–Trinajstić information content (AvgIpc) is 3.62. The van der Waals surface area contributed by atoms with Crippen LogP contribution in [0.4, 0.5) is 5.69 Å². The van der Waals surface area contributed by atoms with Crippen LogP contribution in [0.3, 0.4) is 0 Å². The van der Waals surface area contributed by atoms with Crippen LogP contribution < -0.4 is 4.90 Å². The number of carbonyl (C=O) groups excluding carboxylic acids is 2. The quantitative estimate of drug-likeness (QED) is 0.420. The summed E-state index contributed by atoms with van der Waals surface area (Å²) < 4.78 is 6.54. The Morgan fingerprint density at radius 3 is 2.64 bits per heavy atom. The number of benzene rings is 2. The van der Waals surface area contributed by atoms with Crippen molar-refractivity contribution in [3.63, 3.8) is 0 Å². The molecule has 0 bridgehead atoms. The van der Waals surface area contributed by atoms with E-state index >= 15 is 0 Å². The van der Waals surface area contributed by atoms with E-state index in [0.29, 0.717) is 25.6 Å². The summed E-state index contributed by atoms with van der Waals surface area (Å²) in [5.74, 6) is 0.898. The van der Waals surface area contributed by atoms with Gasteiger partial charge in [0.1, 0.15) is 5.01 Å². The predicted molar refractivity (Wildman–Crippen MR) is 140 cm³/mol. The molecule has 2 saturated heterocycles. The zero-order valence-corrected chi connectivity index (χ0v) is 21.2. The fourth-order valence-corrected chi connectivity index (χ4v) is 6.27. The first-order chi connectivity index (χ1) is 17.5. The Balaban J connectivity index is 1.09. The largest absolute Gasteiger partial charge is 0.342 e. The first-order valence-electron chi connectivity index (χ1n) is 12.4. The van der Waals surface area contributed by atoms with Gasteiger partial charge in [-0.25, -0.2) is 4.98 Å². The maximum atomic E-state index is 13.2. The molecule has 2 aliphatic heterocycles. The van der Waals surface area contributed by atoms with E-state index in [1.54, 1.807) is 4.90 Å². The Bertz CT molecular complexity index is 1440. The number of amides is 2. The highest BCUT2D eigenvalue weighted by Crippen LogP contribution is 2.34. The Labute approximate surface area is 213 Å². The molecule has 0 aliphatic carbocycles. The number of fused-ring (bicyclic) bond motifs is 1. The summed E-state index contributed by atoms with van der Waals surface area (Å²) >= 11 is 1.46. The third-order valence-electron chi connectivity index (χ3n) is 7.43. The van der Waals surface area contributed by atoms with E-state index in [1.807, 2.05) is 53.9 Å². The number of anilines is 1. The highest BCUT2D eigenvalue weighted by Gasteiger charge is 2.38. The molecule has 4 aromatic rings. The molecule has 4 heterocycles. The van der Waals surface area contributed by atoms with Gasteiger partial charge in [-0.05, 0) is 49.5 Å². The third kappa shape index (κ3) is 4.07. The van der Waals surface area contributed by atoms with Crippen LogP contribution in [0.2, 0.25) is 0 Å². The normalized spacial score (nSPS) is 18.9. The van der Waals surface area contributed by atoms with E-state index < -0.39 is 0 Å². The molecule has 2 amide bonds. The Morgan fingerprint density at radius 1 is 1.08 bits per heavy atom. The number of para-hydroxylation sites is 1. The molecule has 8 nitrogen and oxygen atoms in total. The van der Waals surface area contributed by atoms with Crippen LogP contribution in [0.1, 0.15) is 35.9 Å². The molecule has 2 fully saturated rings. The van der Waals surface area contributed by atoms with Crippen molar-refractivity contribution in [2.45, 2.75) is 32.1 Å². The molecule has 0 saturated carbocycles. The molecular weight excluding hydrogens is 472 g/mol. The maximum absolute atomic E-state index is 13.2. The minimum atomic E-state index is -0.270. The van der Waals surface area contributed by atoms with Gasteiger partial charge in [-0.15, -0.1) is 0 Å². The topological polar surface area (TPSA) is 84.2 Å². The highest BCUT2D eigenvalue weighted by atomic mass is 32.1. The third-order valence-corrected chi connectivity index (χ3v) is 8.31. The van der Waals surface area contributed by atoms with Crippen LogP contribution in [-0.4, -0.2) is 55.5 Å². The van der Waals surface area contributed by atoms with Gasteiger partial charge in [0.25, 0.3) is 0 Å². The van der Waals surface area contributed by atoms with E-state index in [9.17, 15) is 9.59 Å². The molecule has 0 N–H and O–H groups in total. The Kier molecular flexibility index (Phi) is 5.79. The van der Waals surface area contributed by atoms with Crippen molar-refractivity contribution < 1.29 is 9.59 Å². The number of nitrogens with zero attached hydrogens (tertiary/aromatic N) is 6. The molecule has 0 spiro atoms. The van der Waals surface area contributed by atoms with E-state index in [0.717, 1.165) is 51.5 Å². The molecule has 9 heteroatoms. The van der Waals surface area contributed by atoms with Gasteiger partial charge in [0.15, 0.2) is 5.82 Å². The second kappa shape index (κ2) is 9.13. The molecule has 36 heavy (non-hydrogen) atoms. The monoisotopic (exact) mass is 500 g/mol. The molecule has 184 valence electrons. The maximum Gasteiger partial charge on any atom is 0.228 e. The predicted octanol–water partition coefficient (Wildman–Crippen LogP) is 4.16. The lowest BCUT2D eigenvalue weighted by molar-refractivity contribution is -0.136. The molecule has 2 aliphatic rings. The zero-order chi connectivity index (χ0) is 24.8. The van der Waals surface area contributed by atoms with Crippen molar-refractivity contribution in [1.29, 1.82) is 0 Å². The van der Waals surface area contributed by atoms with Gasteiger partial charge in [-0.3, -0.25) is 14.3 Å². The molecule has 2 aromatic carbocycles. The van der Waals surface area contributed by atoms with Crippen molar-refractivity contribution in [3.8, 4) is 11.4 Å². The van der Waals surface area contributed by atoms with E-state index in [4.69, 9.17) is 4.98 Å². The van der Waals surface area contributed by atoms with Crippen LogP contribution in [0, 0.1) is 12.8 Å². The number of hydrogen-bond acceptors (Lipinski definition) is 6. The fourth-order valence-electron chi connectivity index (χ4n) is 5.43. The molecule has 1 atom stereocenters. The van der Waals surface area contributed by atoms with Gasteiger partial charge in [0.2, 0.25) is 11.8 Å². The second-order valence-corrected chi connectivity index (χ2v) is 10.5. The molecular formula is C27H28N6O2S. The zero-order valence-electron chi connectivity index (χ0n) is 20.4. The van der Waals surface area contributed by atoms with Crippen molar-refractivity contribution in [3.05, 3.63) is 59.2 Å². The average molecular weight is 501 g/mol. The van der Waals surface area contributed by atoms with Gasteiger partial charge in [0.05, 0.1) is 17.1 Å². The SMILES string of the molecule is Cc1nn(C)c2cc(-c3nsc(C4CCN(C(=O)C5CC(=O)N(c6ccccc6)C5)CC4)n3)ccc12. The summed E-state index contributed by atoms with van der Waals surface area (Å²) in [5.41, 5.74) is 3.95. The van der Waals surface area contributed by atoms with E-state index in [2.05, 4.69) is 27.7 Å². The summed E-state index contributed by atoms with van der Waals surface area (Å²) in [5, 5.41) is 6.68. The number of likely N-dealkylation sites (tertiary alicyclic amines) is 1. The van der Waals surface area contributed by atoms with Gasteiger partial charge in [-0.1, -0.05) is 30.3 Å². The van der Waals surface area contributed by atoms with Crippen LogP contribution in [0.25, 0.3) is 22.3 Å². The molecule has 6 rings (SSSR count). The van der Waals surface area contributed by atoms with Gasteiger partial charge < -0.3 is 9.80 Å². The van der Waals surface area contributed by atoms with Gasteiger partial charge >= 0.3 is 0 Å². The minimum absolute atomic E-state index is 0.0234. The van der Waals surface area contributed by atoms with Crippen LogP contribution in [0.5, 0.6) is 0 Å². The van der Waals surface area contributed by atoms with Crippen molar-refractivity contribution in [2.75, 3.05) is 24.5 Å². The van der Waals surface area contributed by atoms with Crippen molar-refractivity contribution in [2.24, 2.45) is 13.0 Å². The molecule has 2 aromatic heterocycles. The minimum Gasteiger partial charge on any atom is -0.342 e. The lowest BCUT2D eigenvalue weighted by Gasteiger charge is -2.32. The van der Waals surface area contributed by atoms with Crippen molar-refractivity contribution >= 4 is 39.9 Å². The number of aryl methyl sites for hydroxylation is 2. The lowest BCUT2D eigenvalue weighted by atomic mass is 9.96. The van der Waals surface area contributed by atoms with Crippen molar-refractivity contribution in [1.82, 2.24) is 24.0 Å². The van der Waals surface area contributed by atoms with Crippen LogP contribution >= 0.6 is 11.5 Å². The first-order valence-corrected chi connectivity index (χ1v) is 13.2. The highest BCUT2D eigenvalue weighted by molar-refractivity contribution is 7.05. The molecule has 1 unspecified atom stereocenters. The number of rotatable bonds is 4. The second-order valence-electron chi connectivity index (χ2n) is 9.74. The molecule has 0 radical (unpaired) electrons. The summed E-state index contributed by atoms with van der Waals surface area (Å²) in [7, 11) is 1.95. The van der Waals surface area contributed by atoms with Gasteiger partial charge in [0, 0.05) is 55.7 Å². The number of hydrogen-bond donors (Lipinski definition) is 0. The Morgan fingerprint density at radius 2 is 1.86 bits per heavy atom. The van der Waals surface area contributed by atoms with Crippen LogP contribution in [0.15, 0.2) is 48.5 Å². The Hall–Kier alpha value is -3.59. The van der Waals surface area contributed by atoms with Gasteiger partial charge in [-0.2, -0.15) is 9.47 Å². The number of aromatic nitrogens is 4. The lowest BCUT2D eigenvalue weighted by Crippen LogP contribution is -2.42. The van der Waals surface area contributed by atoms with Crippen LogP contribution in [-0.2, 0) is 16.6 Å². The van der Waals surface area contributed by atoms with E-state index in [1.165, 1.54) is 11.5 Å². The number of piperidine rings is 1.